The molecule has 0 radical (unpaired) electrons. The first-order valence-corrected chi connectivity index (χ1v) is 4.59. The molecule has 0 aromatic heterocycles. The SMILES string of the molecule is C=P(O)(O)CNCC(=O)O. The number of hydrogen-bond donors (Lipinski definition) is 4. The van der Waals surface area contributed by atoms with Crippen LogP contribution in [-0.2, 0) is 4.79 Å². The van der Waals surface area contributed by atoms with Gasteiger partial charge in [-0.05, 0) is 0 Å². The van der Waals surface area contributed by atoms with Gasteiger partial charge in [0, 0.05) is 0 Å². The molecule has 5 nitrogen and oxygen atoms in total. The molecule has 0 aromatic rings. The van der Waals surface area contributed by atoms with Crippen LogP contribution in [0.2, 0.25) is 0 Å². The lowest BCUT2D eigenvalue weighted by Crippen LogP contribution is -2.23. The van der Waals surface area contributed by atoms with Crippen molar-refractivity contribution in [3.8, 4) is 0 Å². The van der Waals surface area contributed by atoms with Crippen LogP contribution < -0.4 is 5.32 Å². The highest BCUT2D eigenvalue weighted by Crippen LogP contribution is 2.30. The highest BCUT2D eigenvalue weighted by molar-refractivity contribution is 7.62. The Morgan fingerprint density at radius 1 is 1.60 bits per heavy atom. The van der Waals surface area contributed by atoms with Crippen LogP contribution in [0.5, 0.6) is 0 Å². The second-order valence-corrected chi connectivity index (χ2v) is 3.93. The first-order chi connectivity index (χ1) is 4.42. The predicted molar refractivity (Wildman–Crippen MR) is 39.0 cm³/mol. The second kappa shape index (κ2) is 3.73. The van der Waals surface area contributed by atoms with Gasteiger partial charge in [-0.2, -0.15) is 0 Å². The molecule has 0 atom stereocenters. The maximum atomic E-state index is 9.85. The topological polar surface area (TPSA) is 89.8 Å². The van der Waals surface area contributed by atoms with Gasteiger partial charge in [0.1, 0.15) is 7.34 Å². The first-order valence-electron chi connectivity index (χ1n) is 2.52. The average Bonchev–Trinajstić information content (AvgIpc) is 1.59. The van der Waals surface area contributed by atoms with E-state index in [4.69, 9.17) is 14.9 Å². The lowest BCUT2D eigenvalue weighted by Gasteiger charge is -2.08. The molecule has 0 spiro atoms. The lowest BCUT2D eigenvalue weighted by molar-refractivity contribution is -0.135. The second-order valence-electron chi connectivity index (χ2n) is 1.86. The van der Waals surface area contributed by atoms with E-state index in [9.17, 15) is 4.79 Å². The van der Waals surface area contributed by atoms with E-state index in [0.717, 1.165) is 0 Å². The predicted octanol–water partition coefficient (Wildman–Crippen LogP) is -1.12. The molecule has 0 saturated carbocycles. The monoisotopic (exact) mass is 167 g/mol. The zero-order chi connectivity index (χ0) is 8.20. The average molecular weight is 167 g/mol. The standard InChI is InChI=1S/C4H10NO4P/c1-10(8,9)3-5-2-4(6)7/h5,8-9H,1-3H2,(H,6,7). The van der Waals surface area contributed by atoms with Crippen LogP contribution in [0.15, 0.2) is 0 Å². The fourth-order valence-corrected chi connectivity index (χ4v) is 0.812. The fourth-order valence-electron chi connectivity index (χ4n) is 0.342. The summed E-state index contributed by atoms with van der Waals surface area (Å²) < 4.78 is 0. The molecule has 0 fully saturated rings. The third kappa shape index (κ3) is 7.65. The number of aliphatic carboxylic acids is 1. The van der Waals surface area contributed by atoms with Gasteiger partial charge in [0.15, 0.2) is 0 Å². The Morgan fingerprint density at radius 2 is 2.10 bits per heavy atom. The van der Waals surface area contributed by atoms with Crippen LogP contribution in [-0.4, -0.2) is 40.0 Å². The van der Waals surface area contributed by atoms with E-state index in [-0.39, 0.29) is 12.8 Å². The van der Waals surface area contributed by atoms with Crippen molar-refractivity contribution in [1.29, 1.82) is 0 Å². The van der Waals surface area contributed by atoms with Crippen LogP contribution in [0.3, 0.4) is 0 Å². The Balaban J connectivity index is 3.39. The van der Waals surface area contributed by atoms with Crippen molar-refractivity contribution < 1.29 is 19.7 Å². The van der Waals surface area contributed by atoms with Gasteiger partial charge in [0.25, 0.3) is 0 Å². The summed E-state index contributed by atoms with van der Waals surface area (Å²) in [6.07, 6.45) is 2.88. The summed E-state index contributed by atoms with van der Waals surface area (Å²) in [6, 6.07) is 0. The summed E-state index contributed by atoms with van der Waals surface area (Å²) in [6.45, 7) is -0.279. The Kier molecular flexibility index (Phi) is 3.60. The Morgan fingerprint density at radius 3 is 2.40 bits per heavy atom. The zero-order valence-electron chi connectivity index (χ0n) is 5.32. The Labute approximate surface area is 58.4 Å². The number of rotatable bonds is 4. The third-order valence-electron chi connectivity index (χ3n) is 0.641. The van der Waals surface area contributed by atoms with Gasteiger partial charge in [-0.25, -0.2) is 0 Å². The number of hydrogen-bond acceptors (Lipinski definition) is 4. The lowest BCUT2D eigenvalue weighted by atomic mass is 10.7. The van der Waals surface area contributed by atoms with E-state index in [0.29, 0.717) is 0 Å². The largest absolute Gasteiger partial charge is 0.480 e. The molecule has 0 rings (SSSR count). The van der Waals surface area contributed by atoms with Crippen molar-refractivity contribution in [2.45, 2.75) is 0 Å². The summed E-state index contributed by atoms with van der Waals surface area (Å²) in [5.41, 5.74) is 0. The normalized spacial score (nSPS) is 11.4. The van der Waals surface area contributed by atoms with Crippen molar-refractivity contribution in [3.05, 3.63) is 0 Å². The highest BCUT2D eigenvalue weighted by Gasteiger charge is 2.03. The molecule has 4 N–H and O–H groups in total. The fraction of sp³-hybridized carbons (Fsp3) is 0.500. The molecule has 0 aliphatic rings. The van der Waals surface area contributed by atoms with E-state index in [1.165, 1.54) is 0 Å². The number of carboxylic acid groups (broad SMARTS) is 1. The van der Waals surface area contributed by atoms with Gasteiger partial charge in [0.2, 0.25) is 0 Å². The van der Waals surface area contributed by atoms with Gasteiger partial charge in [0.05, 0.1) is 12.8 Å². The molecule has 0 amide bonds. The molecule has 0 aliphatic carbocycles. The summed E-state index contributed by atoms with van der Waals surface area (Å²) in [5, 5.41) is 10.4. The van der Waals surface area contributed by atoms with Gasteiger partial charge in [-0.1, -0.05) is 6.30 Å². The van der Waals surface area contributed by atoms with Gasteiger partial charge in [-0.3, -0.25) is 10.1 Å². The third-order valence-corrected chi connectivity index (χ3v) is 1.37. The minimum Gasteiger partial charge on any atom is -0.480 e. The van der Waals surface area contributed by atoms with Crippen LogP contribution in [0.25, 0.3) is 0 Å². The molecule has 0 heterocycles. The smallest absolute Gasteiger partial charge is 0.317 e. The van der Waals surface area contributed by atoms with Crippen LogP contribution >= 0.6 is 7.34 Å². The number of nitrogens with one attached hydrogen (secondary N) is 1. The van der Waals surface area contributed by atoms with E-state index >= 15 is 0 Å². The summed E-state index contributed by atoms with van der Waals surface area (Å²) in [4.78, 5) is 27.1. The first kappa shape index (κ1) is 9.65. The molecular weight excluding hydrogens is 157 g/mol. The van der Waals surface area contributed by atoms with E-state index in [1.54, 1.807) is 0 Å². The van der Waals surface area contributed by atoms with E-state index < -0.39 is 13.3 Å². The van der Waals surface area contributed by atoms with Crippen LogP contribution in [0.4, 0.5) is 0 Å². The number of carbonyl (C=O) groups is 1. The van der Waals surface area contributed by atoms with Crippen LogP contribution in [0, 0.1) is 0 Å². The maximum Gasteiger partial charge on any atom is 0.317 e. The van der Waals surface area contributed by atoms with Crippen molar-refractivity contribution in [1.82, 2.24) is 5.32 Å². The van der Waals surface area contributed by atoms with Crippen molar-refractivity contribution in [2.24, 2.45) is 0 Å². The van der Waals surface area contributed by atoms with Gasteiger partial charge >= 0.3 is 5.97 Å². The van der Waals surface area contributed by atoms with E-state index in [1.807, 2.05) is 0 Å². The molecule has 0 unspecified atom stereocenters. The molecular formula is C4H10NO4P. The summed E-state index contributed by atoms with van der Waals surface area (Å²) in [7, 11) is -3.10. The van der Waals surface area contributed by atoms with Crippen LogP contribution in [0.1, 0.15) is 0 Å². The molecule has 60 valence electrons. The minimum atomic E-state index is -3.10. The maximum absolute atomic E-state index is 9.85. The minimum absolute atomic E-state index is 0.153. The van der Waals surface area contributed by atoms with E-state index in [2.05, 4.69) is 11.6 Å². The molecule has 10 heavy (non-hydrogen) atoms. The Bertz CT molecular complexity index is 163. The molecule has 0 bridgehead atoms. The quantitative estimate of drug-likeness (QED) is 0.398. The molecule has 0 aliphatic heterocycles. The molecule has 6 heteroatoms. The van der Waals surface area contributed by atoms with Crippen molar-refractivity contribution in [2.75, 3.05) is 12.8 Å². The van der Waals surface area contributed by atoms with Crippen molar-refractivity contribution in [3.63, 3.8) is 0 Å². The summed E-state index contributed by atoms with van der Waals surface area (Å²) >= 11 is 0. The summed E-state index contributed by atoms with van der Waals surface area (Å²) in [5.74, 6) is -1.03. The van der Waals surface area contributed by atoms with Crippen molar-refractivity contribution >= 4 is 19.6 Å². The Hall–Kier alpha value is -0.350. The molecule has 0 saturated heterocycles. The highest BCUT2D eigenvalue weighted by atomic mass is 31.2. The molecule has 0 aromatic carbocycles. The zero-order valence-corrected chi connectivity index (χ0v) is 6.21. The number of carboxylic acids is 1. The van der Waals surface area contributed by atoms with Gasteiger partial charge in [-0.15, -0.1) is 0 Å². The van der Waals surface area contributed by atoms with Gasteiger partial charge < -0.3 is 14.9 Å².